The number of aromatic hydroxyl groups is 1. The van der Waals surface area contributed by atoms with Gasteiger partial charge in [-0.05, 0) is 23.3 Å². The number of nitrogens with one attached hydrogen (secondary N) is 5. The molecule has 4 amide bonds. The molecule has 0 aliphatic carbocycles. The number of aromatic amines is 2. The van der Waals surface area contributed by atoms with Crippen LogP contribution in [0.5, 0.6) is 5.75 Å². The molecule has 5 rings (SSSR count). The number of rotatable bonds is 12. The van der Waals surface area contributed by atoms with Crippen LogP contribution >= 0.6 is 34.9 Å². The number of phenolic OH excluding ortho intramolecular Hbond substituents is 1. The normalized spacial score (nSPS) is 17.7. The van der Waals surface area contributed by atoms with Crippen LogP contribution in [0.25, 0.3) is 0 Å². The van der Waals surface area contributed by atoms with Crippen LogP contribution in [0.15, 0.2) is 49.5 Å². The summed E-state index contributed by atoms with van der Waals surface area (Å²) in [5, 5.41) is 48.2. The number of nitrogens with zero attached hydrogens (tertiary/aromatic N) is 4. The van der Waals surface area contributed by atoms with Crippen molar-refractivity contribution >= 4 is 64.5 Å². The van der Waals surface area contributed by atoms with Gasteiger partial charge < -0.3 is 31.3 Å². The van der Waals surface area contributed by atoms with Gasteiger partial charge in [-0.2, -0.15) is 5.10 Å². The Hall–Kier alpha value is -5.06. The van der Waals surface area contributed by atoms with E-state index in [4.69, 9.17) is 5.11 Å². The Morgan fingerprint density at radius 3 is 2.53 bits per heavy atom. The number of benzene rings is 1. The number of aromatic nitrogens is 5. The average Bonchev–Trinajstić information content (AvgIpc) is 3.53. The molecule has 2 aromatic heterocycles. The third-order valence-corrected chi connectivity index (χ3v) is 10.1. The van der Waals surface area contributed by atoms with E-state index in [1.54, 1.807) is 0 Å². The van der Waals surface area contributed by atoms with Gasteiger partial charge in [0.25, 0.3) is 23.3 Å². The van der Waals surface area contributed by atoms with Crippen molar-refractivity contribution in [2.75, 3.05) is 24.7 Å². The number of hydrogen-bond acceptors (Lipinski definition) is 15. The third kappa shape index (κ3) is 7.19. The highest BCUT2D eigenvalue weighted by atomic mass is 32.2. The molecule has 2 aliphatic rings. The van der Waals surface area contributed by atoms with Crippen molar-refractivity contribution in [2.24, 2.45) is 0 Å². The van der Waals surface area contributed by atoms with Gasteiger partial charge in [0, 0.05) is 18.1 Å². The standard InChI is InChI=1S/C25H23N9O10S3/c35-6-5-26-19(40)20-31-33-25(47-20)46-8-10-7-45-22-14(21(41)34(22)15(10)23(42)43)28-16(37)12(9-1-3-11(36)4-2-9)27-17(38)13-18(39)29-24(44)32-30-13/h1-4,12,14,22,35-36H,5-8H2,(H,26,40)(H,27,38)(H,28,37)(H,42,43)(H2,29,32,39,44)/t12?,14?,22-/m0/s1. The largest absolute Gasteiger partial charge is 0.508 e. The summed E-state index contributed by atoms with van der Waals surface area (Å²) >= 11 is 3.30. The van der Waals surface area contributed by atoms with Crippen molar-refractivity contribution in [3.8, 4) is 5.75 Å². The van der Waals surface area contributed by atoms with Gasteiger partial charge >= 0.3 is 11.7 Å². The number of fused-ring (bicyclic) bond motifs is 1. The van der Waals surface area contributed by atoms with Crippen molar-refractivity contribution in [3.63, 3.8) is 0 Å². The number of thioether (sulfide) groups is 2. The van der Waals surface area contributed by atoms with E-state index < -0.39 is 64.0 Å². The highest BCUT2D eigenvalue weighted by Crippen LogP contribution is 2.42. The summed E-state index contributed by atoms with van der Waals surface area (Å²) in [4.78, 5) is 90.2. The summed E-state index contributed by atoms with van der Waals surface area (Å²) in [6.45, 7) is -0.203. The van der Waals surface area contributed by atoms with Gasteiger partial charge in [0.05, 0.1) is 6.61 Å². The molecule has 1 fully saturated rings. The predicted octanol–water partition coefficient (Wildman–Crippen LogP) is -2.26. The van der Waals surface area contributed by atoms with Crippen molar-refractivity contribution in [1.29, 1.82) is 0 Å². The molecule has 0 radical (unpaired) electrons. The fraction of sp³-hybridized carbons (Fsp3) is 0.280. The number of β-lactam (4-membered cyclic amide) rings is 1. The Morgan fingerprint density at radius 2 is 1.85 bits per heavy atom. The second kappa shape index (κ2) is 14.1. The minimum atomic E-state index is -1.50. The fourth-order valence-electron chi connectivity index (χ4n) is 4.45. The van der Waals surface area contributed by atoms with Gasteiger partial charge in [-0.25, -0.2) is 14.7 Å². The van der Waals surface area contributed by atoms with E-state index in [9.17, 15) is 43.8 Å². The lowest BCUT2D eigenvalue weighted by Gasteiger charge is -2.49. The van der Waals surface area contributed by atoms with Crippen LogP contribution in [0.2, 0.25) is 0 Å². The minimum Gasteiger partial charge on any atom is -0.508 e. The summed E-state index contributed by atoms with van der Waals surface area (Å²) in [7, 11) is 0. The first kappa shape index (κ1) is 33.3. The Bertz CT molecular complexity index is 1890. The molecule has 1 aromatic carbocycles. The monoisotopic (exact) mass is 705 g/mol. The van der Waals surface area contributed by atoms with Gasteiger partial charge in [0.2, 0.25) is 16.6 Å². The SMILES string of the molecule is O=C(O)C1=C(CSc2nnc(C(=O)NCCO)s2)CS[C@H]2C(NC(=O)C(NC(=O)c3n[nH]c(=O)[nH]c3=O)c3ccc(O)cc3)C(=O)N12. The summed E-state index contributed by atoms with van der Waals surface area (Å²) < 4.78 is 0.380. The van der Waals surface area contributed by atoms with Crippen LogP contribution in [-0.2, 0) is 14.4 Å². The number of hydrogen-bond donors (Lipinski definition) is 8. The molecule has 1 saturated heterocycles. The van der Waals surface area contributed by atoms with Gasteiger partial charge in [0.1, 0.15) is 28.9 Å². The molecule has 3 atom stereocenters. The van der Waals surface area contributed by atoms with Gasteiger partial charge in [0.15, 0.2) is 4.34 Å². The number of aliphatic carboxylic acids is 1. The molecular formula is C25H23N9O10S3. The van der Waals surface area contributed by atoms with E-state index in [0.717, 1.165) is 28.0 Å². The maximum atomic E-state index is 13.5. The number of carbonyl (C=O) groups is 5. The lowest BCUT2D eigenvalue weighted by molar-refractivity contribution is -0.151. The zero-order valence-corrected chi connectivity index (χ0v) is 26.0. The number of carbonyl (C=O) groups excluding carboxylic acids is 4. The third-order valence-electron chi connectivity index (χ3n) is 6.61. The highest BCUT2D eigenvalue weighted by molar-refractivity contribution is 8.01. The molecule has 2 aliphatic heterocycles. The first-order chi connectivity index (χ1) is 22.5. The van der Waals surface area contributed by atoms with E-state index in [1.807, 2.05) is 10.1 Å². The van der Waals surface area contributed by atoms with E-state index in [2.05, 4.69) is 31.2 Å². The number of aliphatic hydroxyl groups excluding tert-OH is 1. The molecule has 3 aromatic rings. The van der Waals surface area contributed by atoms with Crippen LogP contribution < -0.4 is 27.2 Å². The Kier molecular flexibility index (Phi) is 10.0. The number of aliphatic hydroxyl groups is 1. The average molecular weight is 706 g/mol. The molecule has 22 heteroatoms. The number of H-pyrrole nitrogens is 2. The summed E-state index contributed by atoms with van der Waals surface area (Å²) in [5.74, 6) is -4.46. The Balaban J connectivity index is 1.30. The Labute approximate surface area is 274 Å². The number of amides is 4. The molecule has 246 valence electrons. The van der Waals surface area contributed by atoms with E-state index >= 15 is 0 Å². The van der Waals surface area contributed by atoms with Gasteiger partial charge in [-0.15, -0.1) is 22.0 Å². The van der Waals surface area contributed by atoms with Crippen molar-refractivity contribution < 1.29 is 39.3 Å². The van der Waals surface area contributed by atoms with Crippen LogP contribution in [0.3, 0.4) is 0 Å². The predicted molar refractivity (Wildman–Crippen MR) is 164 cm³/mol. The van der Waals surface area contributed by atoms with Crippen molar-refractivity contribution in [2.45, 2.75) is 21.8 Å². The molecule has 47 heavy (non-hydrogen) atoms. The molecule has 4 heterocycles. The maximum absolute atomic E-state index is 13.5. The van der Waals surface area contributed by atoms with E-state index in [-0.39, 0.29) is 46.7 Å². The molecule has 0 saturated carbocycles. The van der Waals surface area contributed by atoms with Crippen molar-refractivity contribution in [3.05, 3.63) is 72.6 Å². The van der Waals surface area contributed by atoms with E-state index in [0.29, 0.717) is 9.91 Å². The first-order valence-electron chi connectivity index (χ1n) is 13.3. The number of phenols is 1. The molecule has 0 bridgehead atoms. The summed E-state index contributed by atoms with van der Waals surface area (Å²) in [6, 6.07) is 2.47. The van der Waals surface area contributed by atoms with Gasteiger partial charge in [-0.3, -0.25) is 33.9 Å². The van der Waals surface area contributed by atoms with Crippen LogP contribution in [-0.4, -0.2) is 111 Å². The zero-order valence-electron chi connectivity index (χ0n) is 23.6. The molecular weight excluding hydrogens is 683 g/mol. The first-order valence-corrected chi connectivity index (χ1v) is 16.2. The minimum absolute atomic E-state index is 0.0426. The highest BCUT2D eigenvalue weighted by Gasteiger charge is 2.54. The Morgan fingerprint density at radius 1 is 1.11 bits per heavy atom. The lowest BCUT2D eigenvalue weighted by atomic mass is 10.0. The molecule has 0 spiro atoms. The lowest BCUT2D eigenvalue weighted by Crippen LogP contribution is -2.71. The van der Waals surface area contributed by atoms with Crippen LogP contribution in [0, 0.1) is 0 Å². The number of carboxylic acids is 1. The topological polar surface area (TPSA) is 290 Å². The summed E-state index contributed by atoms with van der Waals surface area (Å²) in [5.41, 5.74) is -2.51. The molecule has 8 N–H and O–H groups in total. The maximum Gasteiger partial charge on any atom is 0.352 e. The van der Waals surface area contributed by atoms with Gasteiger partial charge in [-0.1, -0.05) is 35.2 Å². The van der Waals surface area contributed by atoms with Crippen LogP contribution in [0.1, 0.15) is 31.9 Å². The fourth-order valence-corrected chi connectivity index (χ4v) is 7.71. The smallest absolute Gasteiger partial charge is 0.352 e. The zero-order chi connectivity index (χ0) is 33.8. The second-order valence-corrected chi connectivity index (χ2v) is 13.0. The van der Waals surface area contributed by atoms with Crippen LogP contribution in [0.4, 0.5) is 0 Å². The number of carboxylic acid groups (broad SMARTS) is 1. The molecule has 19 nitrogen and oxygen atoms in total. The van der Waals surface area contributed by atoms with E-state index in [1.165, 1.54) is 36.0 Å². The van der Waals surface area contributed by atoms with Crippen molar-refractivity contribution in [1.82, 2.24) is 46.2 Å². The quantitative estimate of drug-likeness (QED) is 0.0729. The molecule has 2 unspecified atom stereocenters. The summed E-state index contributed by atoms with van der Waals surface area (Å²) in [6.07, 6.45) is 0. The second-order valence-electron chi connectivity index (χ2n) is 9.65.